The highest BCUT2D eigenvalue weighted by Crippen LogP contribution is 2.23. The fourth-order valence-electron chi connectivity index (χ4n) is 2.21. The van der Waals surface area contributed by atoms with Crippen molar-refractivity contribution in [2.75, 3.05) is 12.4 Å². The Kier molecular flexibility index (Phi) is 3.67. The zero-order valence-corrected chi connectivity index (χ0v) is 9.78. The van der Waals surface area contributed by atoms with Crippen molar-refractivity contribution in [2.45, 2.75) is 37.8 Å². The largest absolute Gasteiger partial charge is 0.497 e. The van der Waals surface area contributed by atoms with Crippen molar-refractivity contribution in [3.63, 3.8) is 0 Å². The van der Waals surface area contributed by atoms with Crippen LogP contribution in [-0.2, 0) is 0 Å². The Morgan fingerprint density at radius 1 is 1.25 bits per heavy atom. The molecule has 0 unspecified atom stereocenters. The quantitative estimate of drug-likeness (QED) is 0.822. The van der Waals surface area contributed by atoms with Gasteiger partial charge < -0.3 is 15.8 Å². The summed E-state index contributed by atoms with van der Waals surface area (Å²) in [4.78, 5) is 0. The van der Waals surface area contributed by atoms with Crippen LogP contribution < -0.4 is 15.8 Å². The van der Waals surface area contributed by atoms with Gasteiger partial charge in [-0.3, -0.25) is 0 Å². The summed E-state index contributed by atoms with van der Waals surface area (Å²) in [5.41, 5.74) is 7.03. The number of methoxy groups -OCH3 is 1. The number of hydrogen-bond acceptors (Lipinski definition) is 3. The summed E-state index contributed by atoms with van der Waals surface area (Å²) in [6.45, 7) is 0. The molecule has 1 aromatic carbocycles. The minimum Gasteiger partial charge on any atom is -0.497 e. The summed E-state index contributed by atoms with van der Waals surface area (Å²) in [7, 11) is 1.69. The molecule has 0 saturated heterocycles. The molecule has 88 valence electrons. The van der Waals surface area contributed by atoms with Crippen LogP contribution in [0.2, 0.25) is 0 Å². The van der Waals surface area contributed by atoms with E-state index in [4.69, 9.17) is 10.5 Å². The zero-order valence-electron chi connectivity index (χ0n) is 9.78. The van der Waals surface area contributed by atoms with Crippen LogP contribution in [0.4, 0.5) is 5.69 Å². The van der Waals surface area contributed by atoms with Crippen LogP contribution >= 0.6 is 0 Å². The van der Waals surface area contributed by atoms with Crippen LogP contribution in [0.25, 0.3) is 0 Å². The molecule has 0 heterocycles. The minimum absolute atomic E-state index is 0.406. The Hall–Kier alpha value is -1.22. The van der Waals surface area contributed by atoms with Crippen molar-refractivity contribution in [1.29, 1.82) is 0 Å². The van der Waals surface area contributed by atoms with Gasteiger partial charge in [0.05, 0.1) is 7.11 Å². The molecule has 0 bridgehead atoms. The smallest absolute Gasteiger partial charge is 0.120 e. The van der Waals surface area contributed by atoms with Crippen LogP contribution in [-0.4, -0.2) is 19.2 Å². The molecule has 1 fully saturated rings. The summed E-state index contributed by atoms with van der Waals surface area (Å²) in [6.07, 6.45) is 4.58. The van der Waals surface area contributed by atoms with E-state index in [0.717, 1.165) is 24.3 Å². The Morgan fingerprint density at radius 2 is 2.00 bits per heavy atom. The zero-order chi connectivity index (χ0) is 11.4. The molecule has 0 radical (unpaired) electrons. The molecule has 1 aliphatic rings. The highest BCUT2D eigenvalue weighted by Gasteiger charge is 2.18. The molecule has 3 N–H and O–H groups in total. The highest BCUT2D eigenvalue weighted by molar-refractivity contribution is 5.48. The van der Waals surface area contributed by atoms with Crippen molar-refractivity contribution in [3.8, 4) is 5.75 Å². The van der Waals surface area contributed by atoms with Crippen molar-refractivity contribution < 1.29 is 4.74 Å². The van der Waals surface area contributed by atoms with Gasteiger partial charge in [0.15, 0.2) is 0 Å². The van der Waals surface area contributed by atoms with Crippen LogP contribution in [0.15, 0.2) is 24.3 Å². The van der Waals surface area contributed by atoms with Crippen LogP contribution in [0.1, 0.15) is 25.7 Å². The summed E-state index contributed by atoms with van der Waals surface area (Å²) in [6, 6.07) is 9.05. The Morgan fingerprint density at radius 3 is 2.69 bits per heavy atom. The second-order valence-corrected chi connectivity index (χ2v) is 4.49. The molecule has 0 spiro atoms. The average Bonchev–Trinajstić information content (AvgIpc) is 2.32. The summed E-state index contributed by atoms with van der Waals surface area (Å²) in [5.74, 6) is 0.900. The predicted octanol–water partition coefficient (Wildman–Crippen LogP) is 2.38. The molecule has 1 aliphatic carbocycles. The molecule has 1 saturated carbocycles. The number of rotatable bonds is 3. The topological polar surface area (TPSA) is 47.3 Å². The first-order chi connectivity index (χ1) is 7.78. The van der Waals surface area contributed by atoms with Gasteiger partial charge in [-0.1, -0.05) is 6.07 Å². The highest BCUT2D eigenvalue weighted by atomic mass is 16.5. The third-order valence-electron chi connectivity index (χ3n) is 3.21. The first kappa shape index (κ1) is 11.3. The predicted molar refractivity (Wildman–Crippen MR) is 66.8 cm³/mol. The number of ether oxygens (including phenoxy) is 1. The number of hydrogen-bond donors (Lipinski definition) is 2. The van der Waals surface area contributed by atoms with Gasteiger partial charge in [0, 0.05) is 23.8 Å². The molecule has 0 amide bonds. The average molecular weight is 220 g/mol. The lowest BCUT2D eigenvalue weighted by molar-refractivity contribution is 0.408. The molecule has 16 heavy (non-hydrogen) atoms. The Balaban J connectivity index is 1.93. The van der Waals surface area contributed by atoms with E-state index in [-0.39, 0.29) is 0 Å². The van der Waals surface area contributed by atoms with E-state index in [1.807, 2.05) is 18.2 Å². The molecule has 0 aromatic heterocycles. The van der Waals surface area contributed by atoms with E-state index in [1.165, 1.54) is 12.8 Å². The Labute approximate surface area is 97.0 Å². The maximum Gasteiger partial charge on any atom is 0.120 e. The summed E-state index contributed by atoms with van der Waals surface area (Å²) in [5, 5.41) is 3.54. The van der Waals surface area contributed by atoms with Crippen molar-refractivity contribution >= 4 is 5.69 Å². The lowest BCUT2D eigenvalue weighted by Gasteiger charge is -2.27. The summed E-state index contributed by atoms with van der Waals surface area (Å²) >= 11 is 0. The second-order valence-electron chi connectivity index (χ2n) is 4.49. The van der Waals surface area contributed by atoms with Gasteiger partial charge in [-0.2, -0.15) is 0 Å². The molecule has 0 aliphatic heterocycles. The van der Waals surface area contributed by atoms with E-state index in [2.05, 4.69) is 11.4 Å². The maximum atomic E-state index is 5.89. The number of benzene rings is 1. The number of nitrogens with two attached hydrogens (primary N) is 1. The monoisotopic (exact) mass is 220 g/mol. The van der Waals surface area contributed by atoms with Crippen molar-refractivity contribution in [2.24, 2.45) is 5.73 Å². The molecular formula is C13H20N2O. The first-order valence-corrected chi connectivity index (χ1v) is 5.94. The molecule has 3 nitrogen and oxygen atoms in total. The van der Waals surface area contributed by atoms with Gasteiger partial charge in [-0.05, 0) is 37.8 Å². The van der Waals surface area contributed by atoms with Gasteiger partial charge >= 0.3 is 0 Å². The molecule has 1 aromatic rings. The first-order valence-electron chi connectivity index (χ1n) is 5.94. The normalized spacial score (nSPS) is 25.1. The maximum absolute atomic E-state index is 5.89. The van der Waals surface area contributed by atoms with E-state index < -0.39 is 0 Å². The second kappa shape index (κ2) is 5.21. The fourth-order valence-corrected chi connectivity index (χ4v) is 2.21. The third kappa shape index (κ3) is 2.89. The molecule has 3 heteroatoms. The van der Waals surface area contributed by atoms with Gasteiger partial charge in [0.1, 0.15) is 5.75 Å². The molecule has 2 rings (SSSR count). The van der Waals surface area contributed by atoms with Crippen LogP contribution in [0, 0.1) is 0 Å². The van der Waals surface area contributed by atoms with Gasteiger partial charge in [0.2, 0.25) is 0 Å². The lowest BCUT2D eigenvalue weighted by Crippen LogP contribution is -2.32. The lowest BCUT2D eigenvalue weighted by atomic mass is 9.92. The van der Waals surface area contributed by atoms with Crippen LogP contribution in [0.3, 0.4) is 0 Å². The Bertz CT molecular complexity index is 332. The van der Waals surface area contributed by atoms with Gasteiger partial charge in [0.25, 0.3) is 0 Å². The van der Waals surface area contributed by atoms with Gasteiger partial charge in [-0.25, -0.2) is 0 Å². The van der Waals surface area contributed by atoms with Gasteiger partial charge in [-0.15, -0.1) is 0 Å². The molecule has 0 atom stereocenters. The third-order valence-corrected chi connectivity index (χ3v) is 3.21. The van der Waals surface area contributed by atoms with E-state index in [0.29, 0.717) is 12.1 Å². The number of nitrogens with one attached hydrogen (secondary N) is 1. The van der Waals surface area contributed by atoms with E-state index in [9.17, 15) is 0 Å². The van der Waals surface area contributed by atoms with E-state index >= 15 is 0 Å². The fraction of sp³-hybridized carbons (Fsp3) is 0.538. The molecular weight excluding hydrogens is 200 g/mol. The van der Waals surface area contributed by atoms with Crippen molar-refractivity contribution in [3.05, 3.63) is 24.3 Å². The SMILES string of the molecule is COc1cccc(NC2CCC(N)CC2)c1. The van der Waals surface area contributed by atoms with Crippen LogP contribution in [0.5, 0.6) is 5.75 Å². The van der Waals surface area contributed by atoms with E-state index in [1.54, 1.807) is 7.11 Å². The van der Waals surface area contributed by atoms with Crippen molar-refractivity contribution in [1.82, 2.24) is 0 Å². The number of anilines is 1. The standard InChI is InChI=1S/C13H20N2O/c1-16-13-4-2-3-12(9-13)15-11-7-5-10(14)6-8-11/h2-4,9-11,15H,5-8,14H2,1H3. The minimum atomic E-state index is 0.406. The summed E-state index contributed by atoms with van der Waals surface area (Å²) < 4.78 is 5.20.